The minimum atomic E-state index is -0.877. The van der Waals surface area contributed by atoms with E-state index >= 15 is 0 Å². The summed E-state index contributed by atoms with van der Waals surface area (Å²) in [6.45, 7) is 0.0495. The van der Waals surface area contributed by atoms with Crippen LogP contribution in [-0.4, -0.2) is 40.4 Å². The van der Waals surface area contributed by atoms with Gasteiger partial charge >= 0.3 is 0 Å². The fourth-order valence-corrected chi connectivity index (χ4v) is 3.42. The lowest BCUT2D eigenvalue weighted by atomic mass is 10.2. The smallest absolute Gasteiger partial charge is 0.226 e. The maximum Gasteiger partial charge on any atom is 0.226 e. The zero-order valence-corrected chi connectivity index (χ0v) is 17.6. The SMILES string of the molecule is O=C(CCCc1nc(-c2cccs2)no1)NCC(O)COc1cccc(Cl)c1Cl. The van der Waals surface area contributed by atoms with Crippen LogP contribution in [0, 0.1) is 0 Å². The number of halogens is 2. The molecule has 0 saturated carbocycles. The Morgan fingerprint density at radius 3 is 2.97 bits per heavy atom. The summed E-state index contributed by atoms with van der Waals surface area (Å²) in [6, 6.07) is 8.83. The molecule has 1 atom stereocenters. The number of nitrogens with zero attached hydrogens (tertiary/aromatic N) is 2. The van der Waals surface area contributed by atoms with Crippen LogP contribution < -0.4 is 10.1 Å². The minimum absolute atomic E-state index is 0.0200. The third-order valence-electron chi connectivity index (χ3n) is 3.89. The molecule has 3 aromatic rings. The fraction of sp³-hybridized carbons (Fsp3) is 0.316. The first-order valence-electron chi connectivity index (χ1n) is 8.91. The van der Waals surface area contributed by atoms with Crippen molar-refractivity contribution in [3.05, 3.63) is 51.6 Å². The maximum atomic E-state index is 11.9. The summed E-state index contributed by atoms with van der Waals surface area (Å²) >= 11 is 13.5. The molecule has 0 spiro atoms. The third-order valence-corrected chi connectivity index (χ3v) is 5.55. The lowest BCUT2D eigenvalue weighted by molar-refractivity contribution is -0.121. The second-order valence-electron chi connectivity index (χ2n) is 6.16. The van der Waals surface area contributed by atoms with Gasteiger partial charge < -0.3 is 19.7 Å². The van der Waals surface area contributed by atoms with Crippen molar-refractivity contribution < 1.29 is 19.2 Å². The van der Waals surface area contributed by atoms with E-state index in [1.807, 2.05) is 17.5 Å². The number of carbonyl (C=O) groups excluding carboxylic acids is 1. The average molecular weight is 456 g/mol. The first-order valence-corrected chi connectivity index (χ1v) is 10.5. The number of ether oxygens (including phenoxy) is 1. The second-order valence-corrected chi connectivity index (χ2v) is 7.90. The van der Waals surface area contributed by atoms with Gasteiger partial charge in [0.2, 0.25) is 17.6 Å². The van der Waals surface area contributed by atoms with Crippen molar-refractivity contribution >= 4 is 40.4 Å². The Hall–Kier alpha value is -2.13. The molecule has 0 bridgehead atoms. The Bertz CT molecular complexity index is 933. The number of aliphatic hydroxyl groups is 1. The predicted molar refractivity (Wildman–Crippen MR) is 112 cm³/mol. The van der Waals surface area contributed by atoms with E-state index in [0.717, 1.165) is 4.88 Å². The quantitative estimate of drug-likeness (QED) is 0.479. The highest BCUT2D eigenvalue weighted by molar-refractivity contribution is 7.13. The number of hydrogen-bond donors (Lipinski definition) is 2. The van der Waals surface area contributed by atoms with Gasteiger partial charge in [0.05, 0.1) is 9.90 Å². The van der Waals surface area contributed by atoms with Gasteiger partial charge in [-0.15, -0.1) is 11.3 Å². The maximum absolute atomic E-state index is 11.9. The summed E-state index contributed by atoms with van der Waals surface area (Å²) in [5, 5.41) is 19.2. The Morgan fingerprint density at radius 2 is 2.17 bits per heavy atom. The van der Waals surface area contributed by atoms with Gasteiger partial charge in [-0.2, -0.15) is 4.98 Å². The van der Waals surface area contributed by atoms with Crippen molar-refractivity contribution in [1.82, 2.24) is 15.5 Å². The summed E-state index contributed by atoms with van der Waals surface area (Å²) in [5.41, 5.74) is 0. The molecular weight excluding hydrogens is 437 g/mol. The molecule has 7 nitrogen and oxygen atoms in total. The Labute approximate surface area is 181 Å². The lowest BCUT2D eigenvalue weighted by Gasteiger charge is -2.14. The number of aromatic nitrogens is 2. The largest absolute Gasteiger partial charge is 0.489 e. The van der Waals surface area contributed by atoms with Gasteiger partial charge in [0.15, 0.2) is 0 Å². The van der Waals surface area contributed by atoms with Crippen molar-refractivity contribution in [2.24, 2.45) is 0 Å². The summed E-state index contributed by atoms with van der Waals surface area (Å²) < 4.78 is 10.6. The van der Waals surface area contributed by atoms with Gasteiger partial charge in [0.25, 0.3) is 0 Å². The van der Waals surface area contributed by atoms with Crippen LogP contribution in [0.5, 0.6) is 5.75 Å². The highest BCUT2D eigenvalue weighted by Crippen LogP contribution is 2.31. The Morgan fingerprint density at radius 1 is 1.31 bits per heavy atom. The second kappa shape index (κ2) is 10.6. The van der Waals surface area contributed by atoms with Crippen molar-refractivity contribution in [3.63, 3.8) is 0 Å². The van der Waals surface area contributed by atoms with Gasteiger partial charge in [-0.3, -0.25) is 4.79 Å². The molecule has 0 aliphatic carbocycles. The van der Waals surface area contributed by atoms with Crippen LogP contribution in [-0.2, 0) is 11.2 Å². The molecular formula is C19H19Cl2N3O4S. The molecule has 0 saturated heterocycles. The van der Waals surface area contributed by atoms with Crippen molar-refractivity contribution in [2.75, 3.05) is 13.2 Å². The zero-order chi connectivity index (χ0) is 20.6. The van der Waals surface area contributed by atoms with Gasteiger partial charge in [-0.05, 0) is 30.0 Å². The number of benzene rings is 1. The number of thiophene rings is 1. The van der Waals surface area contributed by atoms with E-state index in [2.05, 4.69) is 15.5 Å². The molecule has 1 aromatic carbocycles. The number of amides is 1. The third kappa shape index (κ3) is 6.43. The number of aryl methyl sites for hydroxylation is 1. The van der Waals surface area contributed by atoms with Crippen LogP contribution in [0.2, 0.25) is 10.0 Å². The summed E-state index contributed by atoms with van der Waals surface area (Å²) in [4.78, 5) is 17.2. The highest BCUT2D eigenvalue weighted by Gasteiger charge is 2.12. The van der Waals surface area contributed by atoms with Gasteiger partial charge in [0.1, 0.15) is 23.5 Å². The number of aliphatic hydroxyl groups excluding tert-OH is 1. The fourth-order valence-electron chi connectivity index (χ4n) is 2.42. The Kier molecular flexibility index (Phi) is 7.88. The standard InChI is InChI=1S/C19H19Cl2N3O4S/c20-13-4-1-5-14(18(13)21)27-11-12(25)10-22-16(26)7-2-8-17-23-19(24-28-17)15-6-3-9-29-15/h1,3-6,9,12,25H,2,7-8,10-11H2,(H,22,26). The van der Waals surface area contributed by atoms with Crippen molar-refractivity contribution in [2.45, 2.75) is 25.4 Å². The van der Waals surface area contributed by atoms with E-state index in [1.54, 1.807) is 18.2 Å². The number of carbonyl (C=O) groups is 1. The number of rotatable bonds is 10. The molecule has 2 heterocycles. The molecule has 154 valence electrons. The van der Waals surface area contributed by atoms with Gasteiger partial charge in [-0.1, -0.05) is 40.5 Å². The van der Waals surface area contributed by atoms with E-state index in [0.29, 0.717) is 35.3 Å². The molecule has 3 rings (SSSR count). The molecule has 29 heavy (non-hydrogen) atoms. The van der Waals surface area contributed by atoms with E-state index < -0.39 is 6.10 Å². The number of nitrogens with one attached hydrogen (secondary N) is 1. The summed E-state index contributed by atoms with van der Waals surface area (Å²) in [7, 11) is 0. The molecule has 2 aromatic heterocycles. The molecule has 10 heteroatoms. The van der Waals surface area contributed by atoms with E-state index in [4.69, 9.17) is 32.5 Å². The monoisotopic (exact) mass is 455 g/mol. The zero-order valence-electron chi connectivity index (χ0n) is 15.3. The number of hydrogen-bond acceptors (Lipinski definition) is 7. The van der Waals surface area contributed by atoms with Crippen LogP contribution in [0.1, 0.15) is 18.7 Å². The molecule has 2 N–H and O–H groups in total. The normalized spacial score (nSPS) is 12.0. The van der Waals surface area contributed by atoms with Gasteiger partial charge in [-0.25, -0.2) is 0 Å². The molecule has 1 unspecified atom stereocenters. The van der Waals surface area contributed by atoms with Crippen LogP contribution in [0.25, 0.3) is 10.7 Å². The van der Waals surface area contributed by atoms with E-state index in [9.17, 15) is 9.90 Å². The van der Waals surface area contributed by atoms with Crippen LogP contribution in [0.3, 0.4) is 0 Å². The van der Waals surface area contributed by atoms with Gasteiger partial charge in [0, 0.05) is 19.4 Å². The van der Waals surface area contributed by atoms with E-state index in [-0.39, 0.29) is 30.5 Å². The first-order chi connectivity index (χ1) is 14.0. The minimum Gasteiger partial charge on any atom is -0.489 e. The predicted octanol–water partition coefficient (Wildman–Crippen LogP) is 3.98. The van der Waals surface area contributed by atoms with Crippen molar-refractivity contribution in [1.29, 1.82) is 0 Å². The summed E-state index contributed by atoms with van der Waals surface area (Å²) in [5.74, 6) is 1.25. The van der Waals surface area contributed by atoms with Crippen LogP contribution in [0.4, 0.5) is 0 Å². The van der Waals surface area contributed by atoms with Crippen molar-refractivity contribution in [3.8, 4) is 16.5 Å². The van der Waals surface area contributed by atoms with E-state index in [1.165, 1.54) is 11.3 Å². The molecule has 0 radical (unpaired) electrons. The first kappa shape index (κ1) is 21.6. The van der Waals surface area contributed by atoms with Crippen LogP contribution >= 0.6 is 34.5 Å². The van der Waals surface area contributed by atoms with Crippen LogP contribution in [0.15, 0.2) is 40.2 Å². The lowest BCUT2D eigenvalue weighted by Crippen LogP contribution is -2.35. The molecule has 0 fully saturated rings. The molecule has 0 aliphatic heterocycles. The summed E-state index contributed by atoms with van der Waals surface area (Å²) in [6.07, 6.45) is 0.468. The Balaban J connectivity index is 1.33. The highest BCUT2D eigenvalue weighted by atomic mass is 35.5. The molecule has 1 amide bonds. The average Bonchev–Trinajstić information content (AvgIpc) is 3.39. The topological polar surface area (TPSA) is 97.5 Å². The molecule has 0 aliphatic rings.